The van der Waals surface area contributed by atoms with Gasteiger partial charge in [0.15, 0.2) is 10.8 Å². The molecule has 6 nitrogen and oxygen atoms in total. The van der Waals surface area contributed by atoms with Crippen LogP contribution in [0.25, 0.3) is 0 Å². The molecule has 2 aromatic heterocycles. The molecule has 1 amide bonds. The zero-order chi connectivity index (χ0) is 15.7. The van der Waals surface area contributed by atoms with E-state index in [0.29, 0.717) is 23.1 Å². The van der Waals surface area contributed by atoms with E-state index >= 15 is 0 Å². The summed E-state index contributed by atoms with van der Waals surface area (Å²) in [5, 5.41) is 2.15. The number of hydrogen-bond donors (Lipinski definition) is 0. The maximum absolute atomic E-state index is 12.7. The Balaban J connectivity index is 1.88. The average molecular weight is 320 g/mol. The number of rotatable bonds is 5. The molecule has 0 saturated heterocycles. The maximum Gasteiger partial charge on any atom is 0.357 e. The number of thiazole rings is 1. The van der Waals surface area contributed by atoms with Crippen molar-refractivity contribution in [2.45, 2.75) is 32.7 Å². The molecule has 0 bridgehead atoms. The van der Waals surface area contributed by atoms with Crippen LogP contribution in [0.2, 0.25) is 0 Å². The quantitative estimate of drug-likeness (QED) is 0.792. The third-order valence-corrected chi connectivity index (χ3v) is 4.24. The molecule has 0 unspecified atom stereocenters. The first-order valence-electron chi connectivity index (χ1n) is 7.12. The van der Waals surface area contributed by atoms with E-state index in [1.807, 2.05) is 0 Å². The first kappa shape index (κ1) is 14.8. The molecule has 1 aliphatic rings. The van der Waals surface area contributed by atoms with Crippen molar-refractivity contribution in [3.05, 3.63) is 34.7 Å². The number of anilines is 1. The first-order chi connectivity index (χ1) is 10.6. The van der Waals surface area contributed by atoms with E-state index in [0.717, 1.165) is 12.8 Å². The second-order valence-corrected chi connectivity index (χ2v) is 5.87. The van der Waals surface area contributed by atoms with Crippen molar-refractivity contribution in [2.75, 3.05) is 11.5 Å². The molecule has 0 N–H and O–H groups in total. The van der Waals surface area contributed by atoms with E-state index in [4.69, 9.17) is 9.15 Å². The van der Waals surface area contributed by atoms with Gasteiger partial charge < -0.3 is 9.15 Å². The predicted molar refractivity (Wildman–Crippen MR) is 81.3 cm³/mol. The van der Waals surface area contributed by atoms with Gasteiger partial charge in [-0.25, -0.2) is 9.78 Å². The number of furan rings is 1. The fourth-order valence-electron chi connectivity index (χ4n) is 2.15. The number of nitrogens with zero attached hydrogens (tertiary/aromatic N) is 2. The lowest BCUT2D eigenvalue weighted by Gasteiger charge is -2.18. The summed E-state index contributed by atoms with van der Waals surface area (Å²) in [5.74, 6) is -0.0241. The molecule has 1 fully saturated rings. The Kier molecular flexibility index (Phi) is 3.98. The lowest BCUT2D eigenvalue weighted by atomic mass is 10.2. The average Bonchev–Trinajstić information content (AvgIpc) is 3.03. The number of esters is 1. The smallest absolute Gasteiger partial charge is 0.357 e. The minimum Gasteiger partial charge on any atom is -0.469 e. The number of aromatic nitrogens is 1. The van der Waals surface area contributed by atoms with Crippen LogP contribution in [0.4, 0.5) is 5.13 Å². The molecule has 1 saturated carbocycles. The van der Waals surface area contributed by atoms with E-state index in [1.165, 1.54) is 17.6 Å². The van der Waals surface area contributed by atoms with Crippen molar-refractivity contribution < 1.29 is 18.7 Å². The number of amides is 1. The summed E-state index contributed by atoms with van der Waals surface area (Å²) in [6, 6.07) is 1.80. The van der Waals surface area contributed by atoms with Crippen LogP contribution in [0.5, 0.6) is 0 Å². The molecule has 0 aromatic carbocycles. The standard InChI is InChI=1S/C15H16N2O4S/c1-3-20-14(19)12-8-22-15(16-12)17(10-4-5-10)13(18)11-6-7-21-9(11)2/h6-8,10H,3-5H2,1-2H3. The summed E-state index contributed by atoms with van der Waals surface area (Å²) in [6.45, 7) is 3.79. The van der Waals surface area contributed by atoms with Crippen LogP contribution in [-0.4, -0.2) is 29.5 Å². The number of ether oxygens (including phenoxy) is 1. The Morgan fingerprint density at radius 2 is 2.27 bits per heavy atom. The van der Waals surface area contributed by atoms with Crippen molar-refractivity contribution in [3.63, 3.8) is 0 Å². The Morgan fingerprint density at radius 3 is 2.86 bits per heavy atom. The van der Waals surface area contributed by atoms with E-state index in [-0.39, 0.29) is 17.6 Å². The predicted octanol–water partition coefficient (Wildman–Crippen LogP) is 3.03. The van der Waals surface area contributed by atoms with E-state index in [2.05, 4.69) is 4.98 Å². The highest BCUT2D eigenvalue weighted by Gasteiger charge is 2.37. The van der Waals surface area contributed by atoms with Gasteiger partial charge in [-0.15, -0.1) is 11.3 Å². The summed E-state index contributed by atoms with van der Waals surface area (Å²) in [6.07, 6.45) is 3.38. The van der Waals surface area contributed by atoms with Crippen molar-refractivity contribution in [2.24, 2.45) is 0 Å². The SMILES string of the molecule is CCOC(=O)c1csc(N(C(=O)c2ccoc2C)C2CC2)n1. The van der Waals surface area contributed by atoms with Gasteiger partial charge in [-0.3, -0.25) is 9.69 Å². The van der Waals surface area contributed by atoms with Gasteiger partial charge in [0.1, 0.15) is 5.76 Å². The number of aryl methyl sites for hydroxylation is 1. The molecule has 7 heteroatoms. The lowest BCUT2D eigenvalue weighted by molar-refractivity contribution is 0.0520. The monoisotopic (exact) mass is 320 g/mol. The normalized spacial score (nSPS) is 13.9. The summed E-state index contributed by atoms with van der Waals surface area (Å²) >= 11 is 1.27. The zero-order valence-electron chi connectivity index (χ0n) is 12.4. The Bertz CT molecular complexity index is 702. The van der Waals surface area contributed by atoms with Crippen molar-refractivity contribution >= 4 is 28.3 Å². The van der Waals surface area contributed by atoms with Crippen LogP contribution in [-0.2, 0) is 4.74 Å². The molecule has 3 rings (SSSR count). The summed E-state index contributed by atoms with van der Waals surface area (Å²) in [7, 11) is 0. The molecular formula is C15H16N2O4S. The van der Waals surface area contributed by atoms with Crippen LogP contribution in [0.3, 0.4) is 0 Å². The van der Waals surface area contributed by atoms with Crippen LogP contribution in [0, 0.1) is 6.92 Å². The Hall–Kier alpha value is -2.15. The van der Waals surface area contributed by atoms with Gasteiger partial charge in [-0.05, 0) is 32.8 Å². The Morgan fingerprint density at radius 1 is 1.50 bits per heavy atom. The first-order valence-corrected chi connectivity index (χ1v) is 8.00. The zero-order valence-corrected chi connectivity index (χ0v) is 13.2. The van der Waals surface area contributed by atoms with Gasteiger partial charge in [0.25, 0.3) is 5.91 Å². The summed E-state index contributed by atoms with van der Waals surface area (Å²) < 4.78 is 10.1. The number of carbonyl (C=O) groups is 2. The molecule has 1 aliphatic carbocycles. The second-order valence-electron chi connectivity index (χ2n) is 5.03. The van der Waals surface area contributed by atoms with Gasteiger partial charge in [-0.1, -0.05) is 0 Å². The second kappa shape index (κ2) is 5.92. The van der Waals surface area contributed by atoms with Crippen molar-refractivity contribution in [3.8, 4) is 0 Å². The molecular weight excluding hydrogens is 304 g/mol. The van der Waals surface area contributed by atoms with E-state index in [9.17, 15) is 9.59 Å². The number of carbonyl (C=O) groups excluding carboxylic acids is 2. The highest BCUT2D eigenvalue weighted by atomic mass is 32.1. The summed E-state index contributed by atoms with van der Waals surface area (Å²) in [4.78, 5) is 30.4. The largest absolute Gasteiger partial charge is 0.469 e. The molecule has 0 spiro atoms. The van der Waals surface area contributed by atoms with Crippen LogP contribution in [0.1, 0.15) is 46.4 Å². The fourth-order valence-corrected chi connectivity index (χ4v) is 3.01. The molecule has 0 radical (unpaired) electrons. The van der Waals surface area contributed by atoms with Gasteiger partial charge in [-0.2, -0.15) is 0 Å². The maximum atomic E-state index is 12.7. The molecule has 0 atom stereocenters. The minimum atomic E-state index is -0.465. The third kappa shape index (κ3) is 2.76. The van der Waals surface area contributed by atoms with Crippen molar-refractivity contribution in [1.29, 1.82) is 0 Å². The van der Waals surface area contributed by atoms with Gasteiger partial charge in [0, 0.05) is 11.4 Å². The molecule has 2 heterocycles. The molecule has 116 valence electrons. The van der Waals surface area contributed by atoms with Gasteiger partial charge >= 0.3 is 5.97 Å². The third-order valence-electron chi connectivity index (χ3n) is 3.40. The van der Waals surface area contributed by atoms with E-state index < -0.39 is 5.97 Å². The van der Waals surface area contributed by atoms with Crippen LogP contribution >= 0.6 is 11.3 Å². The Labute approximate surface area is 131 Å². The fraction of sp³-hybridized carbons (Fsp3) is 0.400. The molecule has 0 aliphatic heterocycles. The van der Waals surface area contributed by atoms with Crippen LogP contribution in [0.15, 0.2) is 22.1 Å². The van der Waals surface area contributed by atoms with Gasteiger partial charge in [0.2, 0.25) is 0 Å². The van der Waals surface area contributed by atoms with Crippen LogP contribution < -0.4 is 4.90 Å². The summed E-state index contributed by atoms with van der Waals surface area (Å²) in [5.41, 5.74) is 0.768. The number of hydrogen-bond acceptors (Lipinski definition) is 6. The van der Waals surface area contributed by atoms with Crippen molar-refractivity contribution in [1.82, 2.24) is 4.98 Å². The molecule has 22 heavy (non-hydrogen) atoms. The van der Waals surface area contributed by atoms with E-state index in [1.54, 1.807) is 30.2 Å². The van der Waals surface area contributed by atoms with Gasteiger partial charge in [0.05, 0.1) is 18.4 Å². The lowest BCUT2D eigenvalue weighted by Crippen LogP contribution is -2.33. The highest BCUT2D eigenvalue weighted by molar-refractivity contribution is 7.14. The minimum absolute atomic E-state index is 0.140. The topological polar surface area (TPSA) is 72.6 Å². The molecule has 2 aromatic rings. The highest BCUT2D eigenvalue weighted by Crippen LogP contribution is 2.35.